The molecule has 0 heterocycles. The number of aliphatic hydroxyl groups is 1. The number of carbonyl (C=O) groups is 2. The number of carbonyl (C=O) groups excluding carboxylic acids is 2. The fourth-order valence-electron chi connectivity index (χ4n) is 11.0. The van der Waals surface area contributed by atoms with E-state index in [1.807, 2.05) is 0 Å². The molecule has 0 amide bonds. The summed E-state index contributed by atoms with van der Waals surface area (Å²) in [5.41, 5.74) is 0.692. The fourth-order valence-corrected chi connectivity index (χ4v) is 11.0. The molecule has 0 radical (unpaired) electrons. The lowest BCUT2D eigenvalue weighted by molar-refractivity contribution is -0.202. The Kier molecular flexibility index (Phi) is 5.59. The molecule has 0 aromatic rings. The van der Waals surface area contributed by atoms with Gasteiger partial charge in [0.25, 0.3) is 0 Å². The van der Waals surface area contributed by atoms with Crippen molar-refractivity contribution in [3.63, 3.8) is 0 Å². The monoisotopic (exact) mass is 484 g/mol. The van der Waals surface area contributed by atoms with Gasteiger partial charge in [-0.15, -0.1) is 0 Å². The van der Waals surface area contributed by atoms with Gasteiger partial charge < -0.3 is 9.84 Å². The Morgan fingerprint density at radius 2 is 1.69 bits per heavy atom. The van der Waals surface area contributed by atoms with Crippen LogP contribution in [0, 0.1) is 56.7 Å². The number of esters is 1. The topological polar surface area (TPSA) is 63.6 Å². The molecule has 0 unspecified atom stereocenters. The third-order valence-electron chi connectivity index (χ3n) is 13.3. The van der Waals surface area contributed by atoms with E-state index in [-0.39, 0.29) is 39.3 Å². The summed E-state index contributed by atoms with van der Waals surface area (Å²) in [6.45, 7) is 16.3. The van der Waals surface area contributed by atoms with E-state index in [0.29, 0.717) is 30.1 Å². The average Bonchev–Trinajstić information content (AvgIpc) is 2.79. The van der Waals surface area contributed by atoms with Crippen LogP contribution in [0.1, 0.15) is 99.8 Å². The molecular formula is C31H48O4. The molecule has 5 aliphatic rings. The van der Waals surface area contributed by atoms with Crippen molar-refractivity contribution in [3.05, 3.63) is 11.6 Å². The van der Waals surface area contributed by atoms with Crippen molar-refractivity contribution in [2.24, 2.45) is 56.7 Å². The minimum Gasteiger partial charge on any atom is -0.469 e. The smallest absolute Gasteiger partial charge is 0.312 e. The van der Waals surface area contributed by atoms with Crippen molar-refractivity contribution in [2.45, 2.75) is 106 Å². The maximum absolute atomic E-state index is 13.4. The lowest BCUT2D eigenvalue weighted by atomic mass is 9.33. The first kappa shape index (κ1) is 25.5. The Labute approximate surface area is 212 Å². The average molecular weight is 485 g/mol. The van der Waals surface area contributed by atoms with E-state index >= 15 is 0 Å². The van der Waals surface area contributed by atoms with E-state index < -0.39 is 11.5 Å². The number of hydrogen-bond donors (Lipinski definition) is 1. The second-order valence-corrected chi connectivity index (χ2v) is 14.6. The van der Waals surface area contributed by atoms with Crippen LogP contribution in [0.2, 0.25) is 0 Å². The van der Waals surface area contributed by atoms with E-state index in [9.17, 15) is 14.7 Å². The molecule has 4 heteroatoms. The number of hydrogen-bond acceptors (Lipinski definition) is 4. The minimum absolute atomic E-state index is 0.00260. The highest BCUT2D eigenvalue weighted by Crippen LogP contribution is 2.75. The molecule has 4 saturated carbocycles. The van der Waals surface area contributed by atoms with Crippen LogP contribution in [0.5, 0.6) is 0 Å². The molecule has 0 aliphatic heterocycles. The highest BCUT2D eigenvalue weighted by atomic mass is 16.5. The number of allylic oxidation sites excluding steroid dienone is 2. The summed E-state index contributed by atoms with van der Waals surface area (Å²) in [5.74, 6) is 2.06. The number of ketones is 1. The lowest BCUT2D eigenvalue weighted by Crippen LogP contribution is -2.66. The normalized spacial score (nSPS) is 52.8. The molecule has 4 nitrogen and oxygen atoms in total. The van der Waals surface area contributed by atoms with Crippen LogP contribution >= 0.6 is 0 Å². The molecule has 196 valence electrons. The first-order valence-electron chi connectivity index (χ1n) is 14.2. The maximum atomic E-state index is 13.4. The molecule has 1 N–H and O–H groups in total. The first-order chi connectivity index (χ1) is 16.2. The van der Waals surface area contributed by atoms with Gasteiger partial charge in [0.2, 0.25) is 0 Å². The highest BCUT2D eigenvalue weighted by molar-refractivity contribution is 5.89. The van der Waals surface area contributed by atoms with Gasteiger partial charge in [-0.2, -0.15) is 0 Å². The maximum Gasteiger partial charge on any atom is 0.312 e. The second-order valence-electron chi connectivity index (χ2n) is 14.6. The minimum atomic E-state index is -0.857. The first-order valence-corrected chi connectivity index (χ1v) is 14.2. The van der Waals surface area contributed by atoms with Gasteiger partial charge in [0.1, 0.15) is 6.10 Å². The van der Waals surface area contributed by atoms with Crippen LogP contribution in [-0.4, -0.2) is 30.1 Å². The number of ether oxygens (including phenoxy) is 1. The van der Waals surface area contributed by atoms with Crippen LogP contribution in [0.4, 0.5) is 0 Å². The van der Waals surface area contributed by atoms with E-state index in [2.05, 4.69) is 54.5 Å². The van der Waals surface area contributed by atoms with E-state index in [1.165, 1.54) is 5.57 Å². The van der Waals surface area contributed by atoms with Crippen molar-refractivity contribution in [2.75, 3.05) is 7.11 Å². The molecule has 4 fully saturated rings. The van der Waals surface area contributed by atoms with Gasteiger partial charge in [-0.1, -0.05) is 60.1 Å². The van der Waals surface area contributed by atoms with Crippen molar-refractivity contribution in [3.8, 4) is 0 Å². The Balaban J connectivity index is 1.63. The lowest BCUT2D eigenvalue weighted by Gasteiger charge is -2.71. The van der Waals surface area contributed by atoms with Crippen LogP contribution in [0.15, 0.2) is 11.6 Å². The molecule has 5 aliphatic carbocycles. The fraction of sp³-hybridized carbons (Fsp3) is 0.871. The Morgan fingerprint density at radius 1 is 1.00 bits per heavy atom. The summed E-state index contributed by atoms with van der Waals surface area (Å²) in [7, 11) is 1.57. The third kappa shape index (κ3) is 2.95. The number of aliphatic hydroxyl groups excluding tert-OH is 1. The van der Waals surface area contributed by atoms with Crippen LogP contribution in [-0.2, 0) is 14.3 Å². The van der Waals surface area contributed by atoms with Gasteiger partial charge in [-0.05, 0) is 97.2 Å². The summed E-state index contributed by atoms with van der Waals surface area (Å²) in [6.07, 6.45) is 9.35. The van der Waals surface area contributed by atoms with E-state index in [4.69, 9.17) is 4.74 Å². The van der Waals surface area contributed by atoms with Crippen molar-refractivity contribution in [1.82, 2.24) is 0 Å². The van der Waals surface area contributed by atoms with Gasteiger partial charge in [0.05, 0.1) is 12.5 Å². The van der Waals surface area contributed by atoms with Crippen molar-refractivity contribution >= 4 is 11.8 Å². The summed E-state index contributed by atoms with van der Waals surface area (Å²) >= 11 is 0. The molecule has 0 saturated heterocycles. The van der Waals surface area contributed by atoms with Gasteiger partial charge in [-0.3, -0.25) is 9.59 Å². The molecule has 0 aromatic heterocycles. The highest BCUT2D eigenvalue weighted by Gasteiger charge is 2.70. The van der Waals surface area contributed by atoms with Gasteiger partial charge in [0, 0.05) is 5.41 Å². The number of rotatable bonds is 1. The molecule has 35 heavy (non-hydrogen) atoms. The van der Waals surface area contributed by atoms with E-state index in [1.54, 1.807) is 7.11 Å². The van der Waals surface area contributed by atoms with E-state index in [0.717, 1.165) is 44.9 Å². The molecule has 0 aromatic carbocycles. The zero-order chi connectivity index (χ0) is 25.8. The Hall–Kier alpha value is -1.16. The van der Waals surface area contributed by atoms with Crippen LogP contribution < -0.4 is 0 Å². The molecule has 0 bridgehead atoms. The zero-order valence-electron chi connectivity index (χ0n) is 23.4. The summed E-state index contributed by atoms with van der Waals surface area (Å²) in [5, 5.41) is 10.9. The second kappa shape index (κ2) is 7.68. The van der Waals surface area contributed by atoms with Gasteiger partial charge in [0.15, 0.2) is 5.78 Å². The molecule has 5 rings (SSSR count). The summed E-state index contributed by atoms with van der Waals surface area (Å²) in [4.78, 5) is 26.4. The molecular weight excluding hydrogens is 436 g/mol. The van der Waals surface area contributed by atoms with Crippen LogP contribution in [0.25, 0.3) is 0 Å². The Morgan fingerprint density at radius 3 is 2.34 bits per heavy atom. The molecule has 10 atom stereocenters. The third-order valence-corrected chi connectivity index (χ3v) is 13.3. The Bertz CT molecular complexity index is 965. The summed E-state index contributed by atoms with van der Waals surface area (Å²) < 4.78 is 5.48. The molecule has 0 spiro atoms. The van der Waals surface area contributed by atoms with Gasteiger partial charge in [-0.25, -0.2) is 0 Å². The predicted molar refractivity (Wildman–Crippen MR) is 137 cm³/mol. The quantitative estimate of drug-likeness (QED) is 0.348. The SMILES string of the molecule is COC(=O)[C@]12CC[C@@H](C)[C@H](C)[C@H]1C1=CC[C@@H]3[C@@]4(C)C[C@@H](O)C(=O)C(C)(C)[C@@H]4CC[C@@]3(C)[C@]1(C)CC2. The number of Topliss-reactive ketones (excluding diaryl/α,β-unsaturated/α-hetero) is 1. The zero-order valence-corrected chi connectivity index (χ0v) is 23.4. The predicted octanol–water partition coefficient (Wildman–Crippen LogP) is 6.36. The number of fused-ring (bicyclic) bond motifs is 7. The van der Waals surface area contributed by atoms with Crippen molar-refractivity contribution in [1.29, 1.82) is 0 Å². The van der Waals surface area contributed by atoms with Crippen LogP contribution in [0.3, 0.4) is 0 Å². The standard InChI is InChI=1S/C31H48O4/c1-18-11-14-31(26(34)35-8)16-15-29(6)20(24(31)19(18)2)9-10-23-28(5)17-21(32)25(33)27(3,4)22(28)12-13-30(23,29)7/h9,18-19,21-24,32H,10-17H2,1-8H3/t18-,19+,21-,22+,23-,24+,28+,29-,30-,31+/m1/s1. The largest absolute Gasteiger partial charge is 0.469 e. The summed E-state index contributed by atoms with van der Waals surface area (Å²) in [6, 6.07) is 0. The number of methoxy groups -OCH3 is 1. The van der Waals surface area contributed by atoms with Gasteiger partial charge >= 0.3 is 5.97 Å². The van der Waals surface area contributed by atoms with Crippen molar-refractivity contribution < 1.29 is 19.4 Å².